The molecule has 1 N–H and O–H groups in total. The Labute approximate surface area is 324 Å². The highest BCUT2D eigenvalue weighted by molar-refractivity contribution is 6.16. The van der Waals surface area contributed by atoms with Crippen molar-refractivity contribution < 1.29 is 0 Å². The van der Waals surface area contributed by atoms with Crippen molar-refractivity contribution in [2.45, 2.75) is 45.7 Å². The Morgan fingerprint density at radius 3 is 1.82 bits per heavy atom. The van der Waals surface area contributed by atoms with Crippen LogP contribution in [0.15, 0.2) is 140 Å². The van der Waals surface area contributed by atoms with Crippen LogP contribution in [0, 0.1) is 6.92 Å². The second-order valence-corrected chi connectivity index (χ2v) is 15.8. The van der Waals surface area contributed by atoms with Crippen molar-refractivity contribution in [1.82, 2.24) is 29.4 Å². The van der Waals surface area contributed by atoms with Crippen molar-refractivity contribution in [3.8, 4) is 39.2 Å². The molecule has 5 aromatic heterocycles. The predicted octanol–water partition coefficient (Wildman–Crippen LogP) is 11.1. The third-order valence-corrected chi connectivity index (χ3v) is 12.5. The number of aromatic nitrogens is 5. The molecule has 9 aromatic rings. The summed E-state index contributed by atoms with van der Waals surface area (Å²) in [6.45, 7) is 4.36. The molecule has 4 aromatic carbocycles. The van der Waals surface area contributed by atoms with Crippen LogP contribution in [0.1, 0.15) is 40.9 Å². The van der Waals surface area contributed by atoms with Gasteiger partial charge in [0.1, 0.15) is 12.0 Å². The molecule has 6 heterocycles. The first-order valence-electron chi connectivity index (χ1n) is 19.7. The highest BCUT2D eigenvalue weighted by atomic mass is 15.2. The molecule has 1 atom stereocenters. The van der Waals surface area contributed by atoms with Crippen molar-refractivity contribution in [2.24, 2.45) is 0 Å². The minimum Gasteiger partial charge on any atom is -0.368 e. The van der Waals surface area contributed by atoms with Gasteiger partial charge in [0.15, 0.2) is 0 Å². The van der Waals surface area contributed by atoms with E-state index >= 15 is 0 Å². The van der Waals surface area contributed by atoms with Gasteiger partial charge in [0.25, 0.3) is 0 Å². The number of benzene rings is 4. The van der Waals surface area contributed by atoms with E-state index in [0.29, 0.717) is 0 Å². The summed E-state index contributed by atoms with van der Waals surface area (Å²) in [4.78, 5) is 13.6. The summed E-state index contributed by atoms with van der Waals surface area (Å²) in [6, 6.07) is 31.7. The molecular formula is C50H38N6. The molecule has 3 aliphatic rings. The fourth-order valence-corrected chi connectivity index (χ4v) is 10.1. The molecule has 6 heteroatoms. The zero-order valence-electron chi connectivity index (χ0n) is 31.3. The van der Waals surface area contributed by atoms with E-state index in [1.807, 2.05) is 31.0 Å². The van der Waals surface area contributed by atoms with Gasteiger partial charge in [0, 0.05) is 52.5 Å². The lowest BCUT2D eigenvalue weighted by Crippen LogP contribution is -2.24. The molecule has 1 aliphatic heterocycles. The zero-order valence-corrected chi connectivity index (χ0v) is 31.3. The van der Waals surface area contributed by atoms with E-state index in [4.69, 9.17) is 4.98 Å². The number of nitrogens with one attached hydrogen (secondary N) is 1. The summed E-state index contributed by atoms with van der Waals surface area (Å²) in [6.07, 6.45) is 20.1. The third kappa shape index (κ3) is 4.53. The molecule has 268 valence electrons. The summed E-state index contributed by atoms with van der Waals surface area (Å²) >= 11 is 0. The lowest BCUT2D eigenvalue weighted by Gasteiger charge is -2.32. The molecule has 2 aliphatic carbocycles. The van der Waals surface area contributed by atoms with Gasteiger partial charge in [-0.15, -0.1) is 0 Å². The molecule has 56 heavy (non-hydrogen) atoms. The lowest BCUT2D eigenvalue weighted by molar-refractivity contribution is 0.572. The molecule has 0 radical (unpaired) electrons. The molecule has 6 nitrogen and oxygen atoms in total. The van der Waals surface area contributed by atoms with Crippen LogP contribution in [0.3, 0.4) is 0 Å². The number of aryl methyl sites for hydroxylation is 5. The van der Waals surface area contributed by atoms with Crippen LogP contribution in [-0.2, 0) is 25.7 Å². The normalized spacial score (nSPS) is 15.8. The van der Waals surface area contributed by atoms with Gasteiger partial charge in [-0.25, -0.2) is 4.98 Å². The van der Waals surface area contributed by atoms with E-state index in [2.05, 4.69) is 142 Å². The molecule has 1 unspecified atom stereocenters. The number of rotatable bonds is 4. The summed E-state index contributed by atoms with van der Waals surface area (Å²) in [5.41, 5.74) is 21.1. The molecule has 0 saturated heterocycles. The van der Waals surface area contributed by atoms with Gasteiger partial charge in [-0.1, -0.05) is 12.1 Å². The number of fused-ring (bicyclic) bond motifs is 8. The van der Waals surface area contributed by atoms with Crippen LogP contribution in [0.25, 0.3) is 82.8 Å². The Hall–Kier alpha value is -6.79. The van der Waals surface area contributed by atoms with Gasteiger partial charge in [0.2, 0.25) is 0 Å². The first-order chi connectivity index (χ1) is 27.6. The second kappa shape index (κ2) is 11.9. The van der Waals surface area contributed by atoms with Gasteiger partial charge in [0.05, 0.1) is 22.1 Å². The molecule has 12 rings (SSSR count). The fraction of sp³-hybridized carbons (Fsp3) is 0.140. The maximum absolute atomic E-state index is 5.00. The Morgan fingerprint density at radius 2 is 1.18 bits per heavy atom. The van der Waals surface area contributed by atoms with Crippen LogP contribution in [0.2, 0.25) is 0 Å². The van der Waals surface area contributed by atoms with E-state index in [9.17, 15) is 0 Å². The van der Waals surface area contributed by atoms with Crippen LogP contribution in [-0.4, -0.2) is 24.1 Å². The van der Waals surface area contributed by atoms with Crippen LogP contribution < -0.4 is 5.32 Å². The van der Waals surface area contributed by atoms with Gasteiger partial charge in [-0.3, -0.25) is 14.5 Å². The van der Waals surface area contributed by atoms with Gasteiger partial charge in [-0.2, -0.15) is 0 Å². The SMILES string of the molecule is CC1=CC(n2c3ccc(-c4ccncc4)cc3c3cc4c5c(c32)CCc2cc3c6cc(-c7ccncc7)ccc6n(-c6cc(C)ccn6)c3c(c2-5)CC4)NC=C1. The van der Waals surface area contributed by atoms with E-state index in [0.717, 1.165) is 31.5 Å². The van der Waals surface area contributed by atoms with Crippen molar-refractivity contribution in [1.29, 1.82) is 0 Å². The maximum Gasteiger partial charge on any atom is 0.137 e. The molecule has 0 fully saturated rings. The van der Waals surface area contributed by atoms with E-state index in [-0.39, 0.29) is 6.17 Å². The largest absolute Gasteiger partial charge is 0.368 e. The average molecular weight is 723 g/mol. The zero-order chi connectivity index (χ0) is 37.1. The lowest BCUT2D eigenvalue weighted by atomic mass is 9.74. The molecule has 0 amide bonds. The number of dihydropyridines is 1. The topological polar surface area (TPSA) is 60.6 Å². The first kappa shape index (κ1) is 31.5. The Bertz CT molecular complexity index is 3180. The quantitative estimate of drug-likeness (QED) is 0.196. The first-order valence-corrected chi connectivity index (χ1v) is 19.7. The highest BCUT2D eigenvalue weighted by Crippen LogP contribution is 2.51. The highest BCUT2D eigenvalue weighted by Gasteiger charge is 2.33. The number of hydrogen-bond donors (Lipinski definition) is 1. The number of allylic oxidation sites excluding steroid dienone is 2. The maximum atomic E-state index is 5.00. The smallest absolute Gasteiger partial charge is 0.137 e. The van der Waals surface area contributed by atoms with Crippen LogP contribution in [0.5, 0.6) is 0 Å². The number of pyridine rings is 3. The van der Waals surface area contributed by atoms with E-state index in [1.165, 1.54) is 110 Å². The Kier molecular flexibility index (Phi) is 6.68. The predicted molar refractivity (Wildman–Crippen MR) is 228 cm³/mol. The van der Waals surface area contributed by atoms with Gasteiger partial charge < -0.3 is 9.88 Å². The van der Waals surface area contributed by atoms with Gasteiger partial charge in [-0.05, 0) is 197 Å². The third-order valence-electron chi connectivity index (χ3n) is 12.5. The Morgan fingerprint density at radius 1 is 0.571 bits per heavy atom. The summed E-state index contributed by atoms with van der Waals surface area (Å²) in [5.74, 6) is 0.971. The standard InChI is InChI=1S/C50H38N6/c1-29-11-21-53-45(23-29)55-43-9-5-33(31-13-17-51-18-14-31)25-39(43)41-27-35-4-8-38-48-36(3-7-37(47(35)48)49(41)55)28-42-40-26-34(32-15-19-52-20-16-32)6-10-44(40)56(50(38)42)46-24-30(2)12-22-54-46/h5-6,9-28,45,53H,3-4,7-8H2,1-2H3. The number of hydrogen-bond acceptors (Lipinski definition) is 4. The summed E-state index contributed by atoms with van der Waals surface area (Å²) in [7, 11) is 0. The van der Waals surface area contributed by atoms with Crippen molar-refractivity contribution in [3.63, 3.8) is 0 Å². The van der Waals surface area contributed by atoms with Crippen molar-refractivity contribution in [2.75, 3.05) is 0 Å². The minimum absolute atomic E-state index is 0.0116. The minimum atomic E-state index is 0.0116. The molecule has 0 saturated carbocycles. The average Bonchev–Trinajstić information content (AvgIpc) is 3.75. The molecule has 0 spiro atoms. The van der Waals surface area contributed by atoms with Crippen LogP contribution in [0.4, 0.5) is 0 Å². The monoisotopic (exact) mass is 722 g/mol. The van der Waals surface area contributed by atoms with Crippen molar-refractivity contribution >= 4 is 43.6 Å². The summed E-state index contributed by atoms with van der Waals surface area (Å²) in [5, 5.41) is 8.96. The Balaban J connectivity index is 1.17. The van der Waals surface area contributed by atoms with Crippen molar-refractivity contribution in [3.05, 3.63) is 168 Å². The van der Waals surface area contributed by atoms with Crippen LogP contribution >= 0.6 is 0 Å². The van der Waals surface area contributed by atoms with E-state index in [1.54, 1.807) is 0 Å². The fourth-order valence-electron chi connectivity index (χ4n) is 10.1. The summed E-state index contributed by atoms with van der Waals surface area (Å²) < 4.78 is 5.03. The van der Waals surface area contributed by atoms with E-state index < -0.39 is 0 Å². The van der Waals surface area contributed by atoms with Gasteiger partial charge >= 0.3 is 0 Å². The molecule has 0 bridgehead atoms. The number of nitrogens with zero attached hydrogens (tertiary/aromatic N) is 5. The second-order valence-electron chi connectivity index (χ2n) is 15.8. The molecular weight excluding hydrogens is 685 g/mol.